The van der Waals surface area contributed by atoms with E-state index in [1.807, 2.05) is 32.0 Å². The van der Waals surface area contributed by atoms with Crippen LogP contribution in [-0.4, -0.2) is 33.9 Å². The fourth-order valence-corrected chi connectivity index (χ4v) is 3.09. The second kappa shape index (κ2) is 9.35. The zero-order valence-electron chi connectivity index (χ0n) is 17.0. The van der Waals surface area contributed by atoms with Crippen LogP contribution in [0.2, 0.25) is 0 Å². The van der Waals surface area contributed by atoms with Crippen LogP contribution in [0.5, 0.6) is 5.75 Å². The smallest absolute Gasteiger partial charge is 0.257 e. The van der Waals surface area contributed by atoms with E-state index < -0.39 is 0 Å². The van der Waals surface area contributed by atoms with Crippen molar-refractivity contribution in [1.29, 1.82) is 0 Å². The van der Waals surface area contributed by atoms with Gasteiger partial charge in [0.25, 0.3) is 5.91 Å². The van der Waals surface area contributed by atoms with Gasteiger partial charge in [0.2, 0.25) is 5.95 Å². The lowest BCUT2D eigenvalue weighted by atomic mass is 9.98. The van der Waals surface area contributed by atoms with Crippen molar-refractivity contribution >= 4 is 11.9 Å². The number of amides is 1. The van der Waals surface area contributed by atoms with Crippen molar-refractivity contribution in [1.82, 2.24) is 14.9 Å². The zero-order chi connectivity index (χ0) is 20.0. The molecule has 0 saturated heterocycles. The highest BCUT2D eigenvalue weighted by atomic mass is 16.5. The van der Waals surface area contributed by atoms with Crippen molar-refractivity contribution in [2.45, 2.75) is 53.6 Å². The van der Waals surface area contributed by atoms with E-state index in [0.717, 1.165) is 17.7 Å². The Morgan fingerprint density at radius 3 is 2.48 bits per heavy atom. The summed E-state index contributed by atoms with van der Waals surface area (Å²) in [6.07, 6.45) is 1.02. The molecule has 2 N–H and O–H groups in total. The summed E-state index contributed by atoms with van der Waals surface area (Å²) in [6.45, 7) is 11.4. The average molecular weight is 370 g/mol. The summed E-state index contributed by atoms with van der Waals surface area (Å²) in [5, 5.41) is 0. The fourth-order valence-electron chi connectivity index (χ4n) is 3.09. The molecule has 0 bridgehead atoms. The molecule has 1 heterocycles. The number of carbonyl (C=O) groups is 1. The number of benzene rings is 1. The van der Waals surface area contributed by atoms with Crippen LogP contribution in [0.25, 0.3) is 0 Å². The Bertz CT molecular complexity index is 788. The molecule has 2 rings (SSSR count). The molecule has 1 amide bonds. The van der Waals surface area contributed by atoms with E-state index >= 15 is 0 Å². The Kier molecular flexibility index (Phi) is 7.16. The number of anilines is 1. The van der Waals surface area contributed by atoms with Gasteiger partial charge in [-0.15, -0.1) is 0 Å². The number of aromatic nitrogens is 2. The molecule has 0 aliphatic heterocycles. The standard InChI is InChI=1S/C21H30N4O2/c1-6-14(4)16-11-9-10-12-18(16)27-13-17-19(15(5)23-21(22)24-17)20(26)25(7-2)8-3/h9-12,14H,6-8,13H2,1-5H3,(H2,22,23,24). The minimum absolute atomic E-state index is 0.0914. The molecule has 0 spiro atoms. The maximum Gasteiger partial charge on any atom is 0.257 e. The van der Waals surface area contributed by atoms with Gasteiger partial charge in [0.05, 0.1) is 17.0 Å². The van der Waals surface area contributed by atoms with Gasteiger partial charge in [-0.2, -0.15) is 0 Å². The molecule has 1 aromatic heterocycles. The van der Waals surface area contributed by atoms with Gasteiger partial charge >= 0.3 is 0 Å². The van der Waals surface area contributed by atoms with Gasteiger partial charge in [0, 0.05) is 13.1 Å². The second-order valence-electron chi connectivity index (χ2n) is 6.60. The van der Waals surface area contributed by atoms with Crippen molar-refractivity contribution in [3.05, 3.63) is 46.8 Å². The average Bonchev–Trinajstić information content (AvgIpc) is 2.66. The molecule has 2 aromatic rings. The number of nitrogens with zero attached hydrogens (tertiary/aromatic N) is 3. The molecule has 146 valence electrons. The first-order valence-electron chi connectivity index (χ1n) is 9.56. The molecule has 1 unspecified atom stereocenters. The summed E-state index contributed by atoms with van der Waals surface area (Å²) < 4.78 is 6.08. The first kappa shape index (κ1) is 20.7. The van der Waals surface area contributed by atoms with Gasteiger partial charge in [-0.3, -0.25) is 4.79 Å². The van der Waals surface area contributed by atoms with Crippen molar-refractivity contribution in [2.75, 3.05) is 18.8 Å². The number of ether oxygens (including phenoxy) is 1. The summed E-state index contributed by atoms with van der Waals surface area (Å²) >= 11 is 0. The van der Waals surface area contributed by atoms with Gasteiger partial charge < -0.3 is 15.4 Å². The van der Waals surface area contributed by atoms with Crippen LogP contribution in [-0.2, 0) is 6.61 Å². The van der Waals surface area contributed by atoms with Crippen molar-refractivity contribution in [3.63, 3.8) is 0 Å². The van der Waals surface area contributed by atoms with Crippen LogP contribution in [0, 0.1) is 6.92 Å². The van der Waals surface area contributed by atoms with E-state index in [0.29, 0.717) is 36.0 Å². The predicted molar refractivity (Wildman–Crippen MR) is 108 cm³/mol. The Labute approximate surface area is 161 Å². The van der Waals surface area contributed by atoms with Crippen LogP contribution in [0.15, 0.2) is 24.3 Å². The lowest BCUT2D eigenvalue weighted by Crippen LogP contribution is -2.32. The molecule has 6 heteroatoms. The molecule has 0 saturated carbocycles. The third-order valence-electron chi connectivity index (χ3n) is 4.87. The predicted octanol–water partition coefficient (Wildman–Crippen LogP) is 3.94. The van der Waals surface area contributed by atoms with E-state index in [-0.39, 0.29) is 18.5 Å². The van der Waals surface area contributed by atoms with Gasteiger partial charge in [-0.05, 0) is 44.7 Å². The Morgan fingerprint density at radius 1 is 1.19 bits per heavy atom. The molecule has 1 aromatic carbocycles. The quantitative estimate of drug-likeness (QED) is 0.761. The minimum atomic E-state index is -0.0914. The number of nitrogen functional groups attached to an aromatic ring is 1. The molecule has 1 atom stereocenters. The Balaban J connectivity index is 2.36. The normalized spacial score (nSPS) is 11.9. The second-order valence-corrected chi connectivity index (χ2v) is 6.60. The van der Waals surface area contributed by atoms with Crippen LogP contribution in [0.3, 0.4) is 0 Å². The highest BCUT2D eigenvalue weighted by molar-refractivity contribution is 5.96. The van der Waals surface area contributed by atoms with Crippen molar-refractivity contribution in [3.8, 4) is 5.75 Å². The van der Waals surface area contributed by atoms with Gasteiger partial charge in [-0.1, -0.05) is 32.0 Å². The van der Waals surface area contributed by atoms with Crippen LogP contribution in [0.4, 0.5) is 5.95 Å². The lowest BCUT2D eigenvalue weighted by Gasteiger charge is -2.22. The van der Waals surface area contributed by atoms with Gasteiger partial charge in [-0.25, -0.2) is 9.97 Å². The molecular weight excluding hydrogens is 340 g/mol. The zero-order valence-corrected chi connectivity index (χ0v) is 17.0. The lowest BCUT2D eigenvalue weighted by molar-refractivity contribution is 0.0768. The molecule has 27 heavy (non-hydrogen) atoms. The van der Waals surface area contributed by atoms with Crippen LogP contribution >= 0.6 is 0 Å². The number of aryl methyl sites for hydroxylation is 1. The maximum atomic E-state index is 12.9. The van der Waals surface area contributed by atoms with E-state index in [2.05, 4.69) is 29.9 Å². The van der Waals surface area contributed by atoms with E-state index in [1.165, 1.54) is 0 Å². The first-order chi connectivity index (χ1) is 12.9. The molecule has 6 nitrogen and oxygen atoms in total. The van der Waals surface area contributed by atoms with Crippen molar-refractivity contribution in [2.24, 2.45) is 0 Å². The molecule has 0 radical (unpaired) electrons. The number of hydrogen-bond donors (Lipinski definition) is 1. The SMILES string of the molecule is CCC(C)c1ccccc1OCc1nc(N)nc(C)c1C(=O)N(CC)CC. The highest BCUT2D eigenvalue weighted by Gasteiger charge is 2.22. The van der Waals surface area contributed by atoms with E-state index in [9.17, 15) is 4.79 Å². The molecule has 0 aliphatic rings. The first-order valence-corrected chi connectivity index (χ1v) is 9.56. The Hall–Kier alpha value is -2.63. The largest absolute Gasteiger partial charge is 0.487 e. The van der Waals surface area contributed by atoms with Crippen LogP contribution in [0.1, 0.15) is 67.3 Å². The highest BCUT2D eigenvalue weighted by Crippen LogP contribution is 2.29. The summed E-state index contributed by atoms with van der Waals surface area (Å²) in [5.41, 5.74) is 8.57. The van der Waals surface area contributed by atoms with Gasteiger partial charge in [0.1, 0.15) is 12.4 Å². The third kappa shape index (κ3) is 4.76. The number of carbonyl (C=O) groups excluding carboxylic acids is 1. The number of para-hydroxylation sites is 1. The fraction of sp³-hybridized carbons (Fsp3) is 0.476. The number of hydrogen-bond acceptors (Lipinski definition) is 5. The monoisotopic (exact) mass is 370 g/mol. The van der Waals surface area contributed by atoms with Gasteiger partial charge in [0.15, 0.2) is 0 Å². The summed E-state index contributed by atoms with van der Waals surface area (Å²) in [5.74, 6) is 1.25. The summed E-state index contributed by atoms with van der Waals surface area (Å²) in [6, 6.07) is 7.98. The number of nitrogens with two attached hydrogens (primary N) is 1. The Morgan fingerprint density at radius 2 is 1.85 bits per heavy atom. The molecule has 0 aliphatic carbocycles. The summed E-state index contributed by atoms with van der Waals surface area (Å²) in [7, 11) is 0. The maximum absolute atomic E-state index is 12.9. The number of rotatable bonds is 8. The minimum Gasteiger partial charge on any atom is -0.487 e. The van der Waals surface area contributed by atoms with Crippen molar-refractivity contribution < 1.29 is 9.53 Å². The third-order valence-corrected chi connectivity index (χ3v) is 4.87. The van der Waals surface area contributed by atoms with E-state index in [4.69, 9.17) is 10.5 Å². The summed E-state index contributed by atoms with van der Waals surface area (Å²) in [4.78, 5) is 23.2. The van der Waals surface area contributed by atoms with E-state index in [1.54, 1.807) is 11.8 Å². The molecule has 0 fully saturated rings. The molecular formula is C21H30N4O2. The topological polar surface area (TPSA) is 81.3 Å². The van der Waals surface area contributed by atoms with Crippen LogP contribution < -0.4 is 10.5 Å².